The number of carboxylic acids is 1. The minimum Gasteiger partial charge on any atom is -0.759 e. The van der Waals surface area contributed by atoms with Crippen molar-refractivity contribution in [2.24, 2.45) is 0 Å². The maximum absolute atomic E-state index is 8.89. The summed E-state index contributed by atoms with van der Waals surface area (Å²) < 4.78 is 34.1. The largest absolute Gasteiger partial charge is 2.00 e. The molecule has 6 nitrogen and oxygen atoms in total. The Morgan fingerprint density at radius 3 is 1.27 bits per heavy atom. The van der Waals surface area contributed by atoms with Crippen LogP contribution in [0.5, 0.6) is 0 Å². The molecule has 0 spiro atoms. The molecule has 0 saturated carbocycles. The monoisotopic (exact) mass is 316 g/mol. The third-order valence-corrected chi connectivity index (χ3v) is 0. The van der Waals surface area contributed by atoms with E-state index < -0.39 is 16.4 Å². The maximum atomic E-state index is 8.89. The molecule has 0 atom stereocenters. The maximum Gasteiger partial charge on any atom is 2.00 e. The fraction of sp³-hybridized carbons (Fsp3) is 0.500. The van der Waals surface area contributed by atoms with E-state index in [4.69, 9.17) is 27.4 Å². The summed E-state index contributed by atoms with van der Waals surface area (Å²) in [5.41, 5.74) is 0. The number of carboxylic acid groups (broad SMARTS) is 1. The zero-order chi connectivity index (χ0) is 8.08. The molecule has 0 N–H and O–H groups in total. The van der Waals surface area contributed by atoms with Gasteiger partial charge in [-0.1, -0.05) is 0 Å². The van der Waals surface area contributed by atoms with Crippen molar-refractivity contribution in [3.63, 3.8) is 0 Å². The normalized spacial score (nSPS) is 7.55. The molecular weight excluding hydrogens is 312 g/mol. The van der Waals surface area contributed by atoms with E-state index >= 15 is 0 Å². The van der Waals surface area contributed by atoms with Crippen molar-refractivity contribution in [1.82, 2.24) is 0 Å². The molecule has 0 aromatic heterocycles. The average molecular weight is 315 g/mol. The first-order valence-corrected chi connectivity index (χ1v) is 2.91. The fourth-order valence-electron chi connectivity index (χ4n) is 0. The van der Waals surface area contributed by atoms with Crippen LogP contribution in [0, 0.1) is 0 Å². The molecule has 0 saturated heterocycles. The summed E-state index contributed by atoms with van der Waals surface area (Å²) in [6.45, 7) is 0.972. The first kappa shape index (κ1) is 23.1. The van der Waals surface area contributed by atoms with E-state index in [9.17, 15) is 0 Å². The first-order valence-electron chi connectivity index (χ1n) is 1.57. The van der Waals surface area contributed by atoms with Gasteiger partial charge in [-0.25, -0.2) is 0 Å². The van der Waals surface area contributed by atoms with Gasteiger partial charge in [0.2, 0.25) is 0 Å². The third-order valence-electron chi connectivity index (χ3n) is 0. The minimum atomic E-state index is -5.17. The van der Waals surface area contributed by atoms with Gasteiger partial charge in [0, 0.05) is 16.4 Å². The number of hydrogen-bond donors (Lipinski definition) is 0. The summed E-state index contributed by atoms with van der Waals surface area (Å²) in [5, 5.41) is 8.89. The van der Waals surface area contributed by atoms with Gasteiger partial charge in [-0.15, -0.1) is 0 Å². The SMILES string of the molecule is CC(=O)[O-].O=S(=O)([O-])[O-].[Ba+2].[Na+]. The molecule has 0 unspecified atom stereocenters. The van der Waals surface area contributed by atoms with E-state index in [1.807, 2.05) is 0 Å². The summed E-state index contributed by atoms with van der Waals surface area (Å²) in [5.74, 6) is -1.08. The van der Waals surface area contributed by atoms with Crippen LogP contribution >= 0.6 is 0 Å². The van der Waals surface area contributed by atoms with Crippen LogP contribution in [-0.4, -0.2) is 72.4 Å². The van der Waals surface area contributed by atoms with Gasteiger partial charge in [-0.3, -0.25) is 8.42 Å². The van der Waals surface area contributed by atoms with Gasteiger partial charge in [-0.05, 0) is 6.92 Å². The second-order valence-electron chi connectivity index (χ2n) is 0.900. The Balaban J connectivity index is -0.0000000383. The molecule has 0 aliphatic carbocycles. The molecule has 0 radical (unpaired) electrons. The molecule has 0 aliphatic rings. The standard InChI is InChI=1S/C2H4O2.Ba.Na.H2O4S/c1-2(3)4;;;1-5(2,3)4/h1H3,(H,3,4);;;(H2,1,2,3,4)/q;+2;+1;/p-3. The Hall–Kier alpha value is 1.91. The van der Waals surface area contributed by atoms with E-state index in [-0.39, 0.29) is 78.4 Å². The topological polar surface area (TPSA) is 120 Å². The zero-order valence-electron chi connectivity index (χ0n) is 6.06. The Bertz CT molecular complexity index is 163. The van der Waals surface area contributed by atoms with Crippen molar-refractivity contribution in [3.05, 3.63) is 0 Å². The van der Waals surface area contributed by atoms with Crippen molar-refractivity contribution < 1.29 is 57.0 Å². The molecular formula is C2H3BaNaO6S. The molecule has 0 rings (SSSR count). The molecule has 0 aromatic rings. The minimum absolute atomic E-state index is 0. The van der Waals surface area contributed by atoms with Gasteiger partial charge < -0.3 is 19.0 Å². The van der Waals surface area contributed by atoms with E-state index in [2.05, 4.69) is 0 Å². The zero-order valence-corrected chi connectivity index (χ0v) is 13.3. The molecule has 11 heavy (non-hydrogen) atoms. The van der Waals surface area contributed by atoms with Crippen LogP contribution in [0.3, 0.4) is 0 Å². The Kier molecular flexibility index (Phi) is 25.0. The number of hydrogen-bond acceptors (Lipinski definition) is 6. The molecule has 0 heterocycles. The number of carbonyl (C=O) groups excluding carboxylic acids is 1. The van der Waals surface area contributed by atoms with Crippen LogP contribution in [0.4, 0.5) is 0 Å². The van der Waals surface area contributed by atoms with Gasteiger partial charge in [0.15, 0.2) is 0 Å². The van der Waals surface area contributed by atoms with Crippen molar-refractivity contribution >= 4 is 65.2 Å². The van der Waals surface area contributed by atoms with Crippen molar-refractivity contribution in [2.45, 2.75) is 6.92 Å². The van der Waals surface area contributed by atoms with Crippen molar-refractivity contribution in [1.29, 1.82) is 0 Å². The van der Waals surface area contributed by atoms with Crippen LogP contribution in [0.2, 0.25) is 0 Å². The smallest absolute Gasteiger partial charge is 0.759 e. The van der Waals surface area contributed by atoms with Crippen LogP contribution < -0.4 is 34.7 Å². The summed E-state index contributed by atoms with van der Waals surface area (Å²) >= 11 is 0. The van der Waals surface area contributed by atoms with Crippen LogP contribution in [0.1, 0.15) is 6.92 Å². The molecule has 0 aliphatic heterocycles. The van der Waals surface area contributed by atoms with Crippen molar-refractivity contribution in [2.75, 3.05) is 0 Å². The van der Waals surface area contributed by atoms with E-state index in [0.717, 1.165) is 6.92 Å². The predicted molar refractivity (Wildman–Crippen MR) is 26.9 cm³/mol. The van der Waals surface area contributed by atoms with Gasteiger partial charge in [0.1, 0.15) is 0 Å². The molecule has 9 heteroatoms. The second kappa shape index (κ2) is 11.9. The van der Waals surface area contributed by atoms with Gasteiger partial charge in [-0.2, -0.15) is 0 Å². The second-order valence-corrected chi connectivity index (χ2v) is 1.72. The van der Waals surface area contributed by atoms with Gasteiger partial charge in [0.05, 0.1) is 0 Å². The summed E-state index contributed by atoms with van der Waals surface area (Å²) in [7, 11) is -5.17. The molecule has 0 aromatic carbocycles. The summed E-state index contributed by atoms with van der Waals surface area (Å²) in [4.78, 5) is 8.89. The summed E-state index contributed by atoms with van der Waals surface area (Å²) in [6, 6.07) is 0. The predicted octanol–water partition coefficient (Wildman–Crippen LogP) is -5.96. The van der Waals surface area contributed by atoms with Crippen molar-refractivity contribution in [3.8, 4) is 0 Å². The Morgan fingerprint density at radius 2 is 1.27 bits per heavy atom. The first-order chi connectivity index (χ1) is 3.73. The Labute approximate surface area is 127 Å². The van der Waals surface area contributed by atoms with E-state index in [0.29, 0.717) is 0 Å². The summed E-state index contributed by atoms with van der Waals surface area (Å²) in [6.07, 6.45) is 0. The molecule has 56 valence electrons. The Morgan fingerprint density at radius 1 is 1.27 bits per heavy atom. The van der Waals surface area contributed by atoms with Crippen LogP contribution in [-0.2, 0) is 15.2 Å². The third kappa shape index (κ3) is 320. The number of aliphatic carboxylic acids is 1. The number of carbonyl (C=O) groups is 1. The molecule has 0 bridgehead atoms. The van der Waals surface area contributed by atoms with E-state index in [1.54, 1.807) is 0 Å². The van der Waals surface area contributed by atoms with Crippen LogP contribution in [0.25, 0.3) is 0 Å². The molecule has 0 fully saturated rings. The van der Waals surface area contributed by atoms with Gasteiger partial charge >= 0.3 is 78.4 Å². The number of rotatable bonds is 0. The fourth-order valence-corrected chi connectivity index (χ4v) is 0. The quantitative estimate of drug-likeness (QED) is 0.249. The van der Waals surface area contributed by atoms with Gasteiger partial charge in [0.25, 0.3) is 0 Å². The van der Waals surface area contributed by atoms with E-state index in [1.165, 1.54) is 0 Å². The average Bonchev–Trinajstić information content (AvgIpc) is 1.19. The molecule has 0 amide bonds. The van der Waals surface area contributed by atoms with Crippen LogP contribution in [0.15, 0.2) is 0 Å².